The van der Waals surface area contributed by atoms with Crippen molar-refractivity contribution in [1.29, 1.82) is 0 Å². The van der Waals surface area contributed by atoms with Gasteiger partial charge in [-0.05, 0) is 25.1 Å². The van der Waals surface area contributed by atoms with Crippen LogP contribution in [0.1, 0.15) is 14.4 Å². The molecule has 0 saturated heterocycles. The molecule has 1 aliphatic rings. The van der Waals surface area contributed by atoms with E-state index in [9.17, 15) is 0 Å². The Bertz CT molecular complexity index is 301. The van der Waals surface area contributed by atoms with Crippen molar-refractivity contribution >= 4 is 17.3 Å². The number of halogens is 1. The van der Waals surface area contributed by atoms with Crippen LogP contribution >= 0.6 is 11.6 Å². The Kier molecular flexibility index (Phi) is 3.04. The fraction of sp³-hybridized carbons (Fsp3) is 0.400. The zero-order chi connectivity index (χ0) is 8.55. The third-order valence-corrected chi connectivity index (χ3v) is 2.08. The second-order valence-electron chi connectivity index (χ2n) is 2.95. The molecule has 0 aromatic heterocycles. The molecule has 1 N–H and O–H groups in total. The van der Waals surface area contributed by atoms with Crippen LogP contribution in [-0.4, -0.2) is 12.6 Å². The Morgan fingerprint density at radius 2 is 2.31 bits per heavy atom. The van der Waals surface area contributed by atoms with Gasteiger partial charge in [-0.2, -0.15) is 0 Å². The molecule has 2 rings (SSSR count). The van der Waals surface area contributed by atoms with Gasteiger partial charge in [0, 0.05) is 5.02 Å². The second kappa shape index (κ2) is 3.88. The van der Waals surface area contributed by atoms with E-state index in [0.717, 1.165) is 23.0 Å². The van der Waals surface area contributed by atoms with Crippen molar-refractivity contribution in [3.05, 3.63) is 23.2 Å². The SMILES string of the molecule is C.C[C@@H]1CNc2cc(Cl)ccc2O1. The number of hydrogen-bond donors (Lipinski definition) is 1. The van der Waals surface area contributed by atoms with Crippen LogP contribution in [0.2, 0.25) is 5.02 Å². The van der Waals surface area contributed by atoms with Crippen molar-refractivity contribution in [2.45, 2.75) is 20.5 Å². The first-order valence-electron chi connectivity index (χ1n) is 3.96. The quantitative estimate of drug-likeness (QED) is 0.693. The minimum absolute atomic E-state index is 0. The summed E-state index contributed by atoms with van der Waals surface area (Å²) >= 11 is 5.82. The monoisotopic (exact) mass is 199 g/mol. The number of hydrogen-bond acceptors (Lipinski definition) is 2. The molecule has 2 nitrogen and oxygen atoms in total. The van der Waals surface area contributed by atoms with Crippen molar-refractivity contribution in [2.75, 3.05) is 11.9 Å². The Morgan fingerprint density at radius 1 is 1.54 bits per heavy atom. The summed E-state index contributed by atoms with van der Waals surface area (Å²) in [4.78, 5) is 0. The van der Waals surface area contributed by atoms with Crippen LogP contribution < -0.4 is 10.1 Å². The van der Waals surface area contributed by atoms with Gasteiger partial charge in [-0.3, -0.25) is 0 Å². The van der Waals surface area contributed by atoms with Gasteiger partial charge in [-0.15, -0.1) is 0 Å². The highest BCUT2D eigenvalue weighted by Crippen LogP contribution is 2.31. The van der Waals surface area contributed by atoms with Crippen molar-refractivity contribution in [3.8, 4) is 5.75 Å². The molecular formula is C10H14ClNO. The number of nitrogens with one attached hydrogen (secondary N) is 1. The lowest BCUT2D eigenvalue weighted by Gasteiger charge is -2.24. The van der Waals surface area contributed by atoms with Gasteiger partial charge >= 0.3 is 0 Å². The largest absolute Gasteiger partial charge is 0.487 e. The summed E-state index contributed by atoms with van der Waals surface area (Å²) in [5.41, 5.74) is 0.987. The van der Waals surface area contributed by atoms with Gasteiger partial charge in [0.05, 0.1) is 12.2 Å². The summed E-state index contributed by atoms with van der Waals surface area (Å²) in [7, 11) is 0. The molecular weight excluding hydrogens is 186 g/mol. The normalized spacial score (nSPS) is 19.1. The van der Waals surface area contributed by atoms with Gasteiger partial charge in [0.2, 0.25) is 0 Å². The highest BCUT2D eigenvalue weighted by molar-refractivity contribution is 6.30. The van der Waals surface area contributed by atoms with Crippen molar-refractivity contribution in [3.63, 3.8) is 0 Å². The van der Waals surface area contributed by atoms with E-state index in [-0.39, 0.29) is 13.5 Å². The second-order valence-corrected chi connectivity index (χ2v) is 3.39. The summed E-state index contributed by atoms with van der Waals surface area (Å²) in [6, 6.07) is 5.60. The lowest BCUT2D eigenvalue weighted by Crippen LogP contribution is -2.27. The number of fused-ring (bicyclic) bond motifs is 1. The number of anilines is 1. The van der Waals surface area contributed by atoms with E-state index in [2.05, 4.69) is 5.32 Å². The summed E-state index contributed by atoms with van der Waals surface area (Å²) in [6.07, 6.45) is 0.235. The van der Waals surface area contributed by atoms with Gasteiger partial charge in [0.25, 0.3) is 0 Å². The van der Waals surface area contributed by atoms with E-state index in [1.807, 2.05) is 25.1 Å². The molecule has 1 heterocycles. The third kappa shape index (κ3) is 2.07. The lowest BCUT2D eigenvalue weighted by atomic mass is 10.2. The van der Waals surface area contributed by atoms with Gasteiger partial charge < -0.3 is 10.1 Å². The molecule has 0 amide bonds. The topological polar surface area (TPSA) is 21.3 Å². The average Bonchev–Trinajstić information content (AvgIpc) is 2.05. The predicted octanol–water partition coefficient (Wildman–Crippen LogP) is 3.17. The van der Waals surface area contributed by atoms with E-state index in [0.29, 0.717) is 0 Å². The van der Waals surface area contributed by atoms with Gasteiger partial charge in [-0.1, -0.05) is 19.0 Å². The van der Waals surface area contributed by atoms with E-state index < -0.39 is 0 Å². The minimum Gasteiger partial charge on any atom is -0.487 e. The van der Waals surface area contributed by atoms with Gasteiger partial charge in [-0.25, -0.2) is 0 Å². The van der Waals surface area contributed by atoms with Crippen LogP contribution in [-0.2, 0) is 0 Å². The van der Waals surface area contributed by atoms with Gasteiger partial charge in [0.1, 0.15) is 11.9 Å². The van der Waals surface area contributed by atoms with Crippen molar-refractivity contribution in [1.82, 2.24) is 0 Å². The molecule has 1 aromatic carbocycles. The lowest BCUT2D eigenvalue weighted by molar-refractivity contribution is 0.226. The highest BCUT2D eigenvalue weighted by Gasteiger charge is 2.14. The Balaban J connectivity index is 0.000000845. The maximum absolute atomic E-state index is 5.82. The molecule has 0 spiro atoms. The summed E-state index contributed by atoms with van der Waals surface area (Å²) in [6.45, 7) is 2.87. The molecule has 1 aromatic rings. The van der Waals surface area contributed by atoms with E-state index in [4.69, 9.17) is 16.3 Å². The van der Waals surface area contributed by atoms with Crippen LogP contribution in [0.4, 0.5) is 5.69 Å². The summed E-state index contributed by atoms with van der Waals surface area (Å²) < 4.78 is 5.57. The van der Waals surface area contributed by atoms with E-state index in [1.54, 1.807) is 0 Å². The van der Waals surface area contributed by atoms with Crippen molar-refractivity contribution in [2.24, 2.45) is 0 Å². The standard InChI is InChI=1S/C9H10ClNO.CH4/c1-6-5-11-8-4-7(10)2-3-9(8)12-6;/h2-4,6,11H,5H2,1H3;1H4/t6-;/m1./s1. The van der Waals surface area contributed by atoms with Crippen LogP contribution in [0.5, 0.6) is 5.75 Å². The van der Waals surface area contributed by atoms with Gasteiger partial charge in [0.15, 0.2) is 0 Å². The molecule has 0 radical (unpaired) electrons. The molecule has 72 valence electrons. The van der Waals surface area contributed by atoms with Crippen LogP contribution in [0.15, 0.2) is 18.2 Å². The first kappa shape index (κ1) is 10.2. The number of ether oxygens (including phenoxy) is 1. The molecule has 1 aliphatic heterocycles. The number of benzene rings is 1. The average molecular weight is 200 g/mol. The zero-order valence-corrected chi connectivity index (χ0v) is 7.56. The minimum atomic E-state index is 0. The molecule has 0 aliphatic carbocycles. The Hall–Kier alpha value is -0.890. The zero-order valence-electron chi connectivity index (χ0n) is 6.80. The molecule has 0 unspecified atom stereocenters. The maximum atomic E-state index is 5.82. The van der Waals surface area contributed by atoms with Crippen LogP contribution in [0.3, 0.4) is 0 Å². The first-order chi connectivity index (χ1) is 5.75. The first-order valence-corrected chi connectivity index (χ1v) is 4.33. The highest BCUT2D eigenvalue weighted by atomic mass is 35.5. The Morgan fingerprint density at radius 3 is 3.08 bits per heavy atom. The molecule has 13 heavy (non-hydrogen) atoms. The molecule has 3 heteroatoms. The molecule has 0 saturated carbocycles. The maximum Gasteiger partial charge on any atom is 0.142 e. The van der Waals surface area contributed by atoms with E-state index >= 15 is 0 Å². The smallest absolute Gasteiger partial charge is 0.142 e. The molecule has 0 fully saturated rings. The summed E-state index contributed by atoms with van der Waals surface area (Å²) in [5.74, 6) is 0.887. The fourth-order valence-corrected chi connectivity index (χ4v) is 1.43. The van der Waals surface area contributed by atoms with E-state index in [1.165, 1.54) is 0 Å². The molecule has 1 atom stereocenters. The third-order valence-electron chi connectivity index (χ3n) is 1.85. The Labute approximate surface area is 83.9 Å². The number of rotatable bonds is 0. The van der Waals surface area contributed by atoms with Crippen LogP contribution in [0, 0.1) is 0 Å². The van der Waals surface area contributed by atoms with Crippen molar-refractivity contribution < 1.29 is 4.74 Å². The predicted molar refractivity (Wildman–Crippen MR) is 56.8 cm³/mol. The fourth-order valence-electron chi connectivity index (χ4n) is 1.26. The van der Waals surface area contributed by atoms with Crippen LogP contribution in [0.25, 0.3) is 0 Å². The summed E-state index contributed by atoms with van der Waals surface area (Å²) in [5, 5.41) is 3.98. The molecule has 0 bridgehead atoms.